The molecule has 0 N–H and O–H groups in total. The van der Waals surface area contributed by atoms with Gasteiger partial charge in [0.2, 0.25) is 0 Å². The highest BCUT2D eigenvalue weighted by Gasteiger charge is 2.19. The minimum absolute atomic E-state index is 0.0768. The van der Waals surface area contributed by atoms with E-state index >= 15 is 0 Å². The smallest absolute Gasteiger partial charge is 0.306 e. The average Bonchev–Trinajstić information content (AvgIpc) is 3.41. The van der Waals surface area contributed by atoms with Crippen LogP contribution in [0.25, 0.3) is 0 Å². The van der Waals surface area contributed by atoms with E-state index in [-0.39, 0.29) is 31.1 Å². The molecule has 6 heteroatoms. The molecule has 0 bridgehead atoms. The zero-order chi connectivity index (χ0) is 54.3. The number of esters is 3. The first kappa shape index (κ1) is 72.1. The average molecular weight is 1050 g/mol. The Labute approximate surface area is 466 Å². The van der Waals surface area contributed by atoms with Crippen molar-refractivity contribution in [3.8, 4) is 0 Å². The molecule has 1 unspecified atom stereocenters. The maximum absolute atomic E-state index is 12.9. The molecule has 0 heterocycles. The maximum atomic E-state index is 12.9. The van der Waals surface area contributed by atoms with Gasteiger partial charge in [-0.15, -0.1) is 0 Å². The summed E-state index contributed by atoms with van der Waals surface area (Å²) in [6.45, 7) is 6.64. The minimum Gasteiger partial charge on any atom is -0.462 e. The predicted molar refractivity (Wildman–Crippen MR) is 325 cm³/mol. The Bertz CT molecular complexity index is 1340. The second-order valence-corrected chi connectivity index (χ2v) is 22.0. The van der Waals surface area contributed by atoms with E-state index in [2.05, 4.69) is 81.5 Å². The van der Waals surface area contributed by atoms with Crippen LogP contribution in [0.5, 0.6) is 0 Å². The summed E-state index contributed by atoms with van der Waals surface area (Å²) in [7, 11) is 0. The van der Waals surface area contributed by atoms with E-state index in [1.807, 2.05) is 0 Å². The fraction of sp³-hybridized carbons (Fsp3) is 0.812. The molecule has 0 saturated carbocycles. The summed E-state index contributed by atoms with van der Waals surface area (Å²) >= 11 is 0. The van der Waals surface area contributed by atoms with Crippen molar-refractivity contribution >= 4 is 17.9 Å². The number of unbranched alkanes of at least 4 members (excludes halogenated alkanes) is 39. The van der Waals surface area contributed by atoms with Gasteiger partial charge in [0.05, 0.1) is 0 Å². The van der Waals surface area contributed by atoms with Gasteiger partial charge >= 0.3 is 17.9 Å². The molecule has 0 fully saturated rings. The molecule has 0 aliphatic rings. The van der Waals surface area contributed by atoms with E-state index < -0.39 is 6.10 Å². The Morgan fingerprint density at radius 3 is 0.760 bits per heavy atom. The van der Waals surface area contributed by atoms with Crippen molar-refractivity contribution in [3.05, 3.63) is 60.8 Å². The molecular formula is C69H124O6. The molecule has 0 aliphatic carbocycles. The Balaban J connectivity index is 4.27. The van der Waals surface area contributed by atoms with Gasteiger partial charge in [-0.2, -0.15) is 0 Å². The van der Waals surface area contributed by atoms with Gasteiger partial charge in [-0.1, -0.05) is 293 Å². The van der Waals surface area contributed by atoms with Crippen LogP contribution in [0.3, 0.4) is 0 Å². The number of ether oxygens (including phenoxy) is 3. The first-order valence-electron chi connectivity index (χ1n) is 32.8. The van der Waals surface area contributed by atoms with Gasteiger partial charge < -0.3 is 14.2 Å². The summed E-state index contributed by atoms with van der Waals surface area (Å²) in [5.74, 6) is -0.874. The molecule has 1 atom stereocenters. The summed E-state index contributed by atoms with van der Waals surface area (Å²) in [6.07, 6.45) is 80.8. The third-order valence-corrected chi connectivity index (χ3v) is 14.5. The van der Waals surface area contributed by atoms with Crippen LogP contribution in [0, 0.1) is 0 Å². The molecule has 0 amide bonds. The van der Waals surface area contributed by atoms with Crippen LogP contribution in [-0.4, -0.2) is 37.2 Å². The van der Waals surface area contributed by atoms with Gasteiger partial charge in [-0.3, -0.25) is 14.4 Å². The number of rotatable bonds is 60. The van der Waals surface area contributed by atoms with E-state index in [1.165, 1.54) is 205 Å². The van der Waals surface area contributed by atoms with Crippen LogP contribution in [0.1, 0.15) is 342 Å². The van der Waals surface area contributed by atoms with Crippen LogP contribution >= 0.6 is 0 Å². The first-order chi connectivity index (χ1) is 37.0. The van der Waals surface area contributed by atoms with Crippen molar-refractivity contribution in [2.24, 2.45) is 0 Å². The van der Waals surface area contributed by atoms with Crippen molar-refractivity contribution in [2.45, 2.75) is 348 Å². The Hall–Kier alpha value is -2.89. The maximum Gasteiger partial charge on any atom is 0.306 e. The fourth-order valence-corrected chi connectivity index (χ4v) is 9.54. The molecule has 0 aromatic heterocycles. The van der Waals surface area contributed by atoms with E-state index in [9.17, 15) is 14.4 Å². The normalized spacial score (nSPS) is 12.4. The lowest BCUT2D eigenvalue weighted by molar-refractivity contribution is -0.167. The topological polar surface area (TPSA) is 78.9 Å². The number of hydrogen-bond donors (Lipinski definition) is 0. The van der Waals surface area contributed by atoms with E-state index in [0.29, 0.717) is 19.3 Å². The molecule has 0 spiro atoms. The van der Waals surface area contributed by atoms with Crippen LogP contribution in [0.15, 0.2) is 60.8 Å². The molecular weight excluding hydrogens is 925 g/mol. The molecule has 0 radical (unpaired) electrons. The van der Waals surface area contributed by atoms with Crippen molar-refractivity contribution in [1.29, 1.82) is 0 Å². The van der Waals surface area contributed by atoms with Crippen LogP contribution in [0.4, 0.5) is 0 Å². The summed E-state index contributed by atoms with van der Waals surface area (Å²) in [5, 5.41) is 0. The van der Waals surface area contributed by atoms with Crippen LogP contribution in [0.2, 0.25) is 0 Å². The van der Waals surface area contributed by atoms with Gasteiger partial charge in [-0.25, -0.2) is 0 Å². The molecule has 436 valence electrons. The standard InChI is InChI=1S/C69H124O6/c1-4-7-10-13-16-19-22-25-28-30-31-32-33-34-35-36-37-38-39-40-42-44-47-50-53-56-59-62-68(71)74-65-66(64-73-67(70)61-58-55-52-49-46-43-27-24-21-18-15-12-9-6-3)75-69(72)63-60-57-54-51-48-45-41-29-26-23-20-17-14-11-8-5-2/h20,22-23,25,29-31,33-34,41,66H,4-19,21,24,26-28,32,35-40,42-65H2,1-3H3/b23-20-,25-22-,31-30-,34-33-,41-29-. The zero-order valence-corrected chi connectivity index (χ0v) is 50.1. The first-order valence-corrected chi connectivity index (χ1v) is 32.8. The number of carbonyl (C=O) groups is 3. The van der Waals surface area contributed by atoms with Gasteiger partial charge in [0.15, 0.2) is 6.10 Å². The highest BCUT2D eigenvalue weighted by Crippen LogP contribution is 2.17. The second kappa shape index (κ2) is 63.6. The van der Waals surface area contributed by atoms with Gasteiger partial charge in [-0.05, 0) is 89.9 Å². The zero-order valence-electron chi connectivity index (χ0n) is 50.1. The van der Waals surface area contributed by atoms with Gasteiger partial charge in [0.1, 0.15) is 13.2 Å². The third kappa shape index (κ3) is 61.8. The third-order valence-electron chi connectivity index (χ3n) is 14.5. The fourth-order valence-electron chi connectivity index (χ4n) is 9.54. The molecule has 0 saturated heterocycles. The number of carbonyl (C=O) groups excluding carboxylic acids is 3. The molecule has 0 aromatic carbocycles. The van der Waals surface area contributed by atoms with Crippen molar-refractivity contribution in [3.63, 3.8) is 0 Å². The summed E-state index contributed by atoms with van der Waals surface area (Å²) in [5.41, 5.74) is 0. The van der Waals surface area contributed by atoms with Gasteiger partial charge in [0.25, 0.3) is 0 Å². The minimum atomic E-state index is -0.781. The molecule has 0 rings (SSSR count). The highest BCUT2D eigenvalue weighted by molar-refractivity contribution is 5.71. The number of hydrogen-bond acceptors (Lipinski definition) is 6. The number of allylic oxidation sites excluding steroid dienone is 10. The van der Waals surface area contributed by atoms with Crippen molar-refractivity contribution in [2.75, 3.05) is 13.2 Å². The summed E-state index contributed by atoms with van der Waals surface area (Å²) in [4.78, 5) is 38.3. The molecule has 0 aliphatic heterocycles. The monoisotopic (exact) mass is 1050 g/mol. The molecule has 6 nitrogen and oxygen atoms in total. The largest absolute Gasteiger partial charge is 0.462 e. The predicted octanol–water partition coefficient (Wildman–Crippen LogP) is 22.3. The Morgan fingerprint density at radius 1 is 0.267 bits per heavy atom. The lowest BCUT2D eigenvalue weighted by Gasteiger charge is -2.18. The molecule has 0 aromatic rings. The van der Waals surface area contributed by atoms with Gasteiger partial charge in [0, 0.05) is 19.3 Å². The second-order valence-electron chi connectivity index (χ2n) is 22.0. The highest BCUT2D eigenvalue weighted by atomic mass is 16.6. The van der Waals surface area contributed by atoms with Crippen LogP contribution < -0.4 is 0 Å². The van der Waals surface area contributed by atoms with E-state index in [0.717, 1.165) is 96.3 Å². The van der Waals surface area contributed by atoms with Crippen molar-refractivity contribution in [1.82, 2.24) is 0 Å². The quantitative estimate of drug-likeness (QED) is 0.0261. The van der Waals surface area contributed by atoms with E-state index in [4.69, 9.17) is 14.2 Å². The van der Waals surface area contributed by atoms with Crippen molar-refractivity contribution < 1.29 is 28.6 Å². The Kier molecular flexibility index (Phi) is 61.2. The summed E-state index contributed by atoms with van der Waals surface area (Å²) in [6, 6.07) is 0. The lowest BCUT2D eigenvalue weighted by Crippen LogP contribution is -2.30. The molecule has 75 heavy (non-hydrogen) atoms. The lowest BCUT2D eigenvalue weighted by atomic mass is 10.0. The Morgan fingerprint density at radius 2 is 0.480 bits per heavy atom. The summed E-state index contributed by atoms with van der Waals surface area (Å²) < 4.78 is 16.9. The van der Waals surface area contributed by atoms with Crippen LogP contribution in [-0.2, 0) is 28.6 Å². The SMILES string of the molecule is CCCCCC/C=C\C/C=C\CCCCCCCC(=O)OC(COC(=O)CCCCCCCCCCCCCC/C=C\C/C=C\C/C=C\CCCCCCC)COC(=O)CCCCCCCCCCCCCCCC. The van der Waals surface area contributed by atoms with E-state index in [1.54, 1.807) is 0 Å².